The smallest absolute Gasteiger partial charge is 0.0406 e. The van der Waals surface area contributed by atoms with Crippen LogP contribution < -0.4 is 0 Å². The van der Waals surface area contributed by atoms with Gasteiger partial charge in [-0.05, 0) is 36.5 Å². The normalized spacial score (nSPS) is 14.9. The van der Waals surface area contributed by atoms with Crippen LogP contribution in [0.2, 0.25) is 5.02 Å². The van der Waals surface area contributed by atoms with Crippen LogP contribution in [-0.4, -0.2) is 5.38 Å². The van der Waals surface area contributed by atoms with Crippen molar-refractivity contribution in [2.75, 3.05) is 0 Å². The first-order valence-corrected chi connectivity index (χ1v) is 6.31. The van der Waals surface area contributed by atoms with Gasteiger partial charge in [0.25, 0.3) is 0 Å². The highest BCUT2D eigenvalue weighted by molar-refractivity contribution is 6.30. The molecule has 0 bridgehead atoms. The average Bonchev–Trinajstić information content (AvgIpc) is 2.21. The van der Waals surface area contributed by atoms with Crippen LogP contribution in [0.15, 0.2) is 24.3 Å². The van der Waals surface area contributed by atoms with E-state index in [-0.39, 0.29) is 5.38 Å². The molecule has 0 aliphatic carbocycles. The van der Waals surface area contributed by atoms with Crippen LogP contribution in [0, 0.1) is 5.92 Å². The van der Waals surface area contributed by atoms with E-state index in [1.165, 1.54) is 12.0 Å². The summed E-state index contributed by atoms with van der Waals surface area (Å²) in [5.74, 6) is 0.708. The van der Waals surface area contributed by atoms with Crippen LogP contribution in [0.4, 0.5) is 0 Å². The zero-order valence-electron chi connectivity index (χ0n) is 9.34. The number of rotatable bonds is 5. The van der Waals surface area contributed by atoms with Crippen molar-refractivity contribution in [3.63, 3.8) is 0 Å². The molecule has 0 spiro atoms. The predicted octanol–water partition coefficient (Wildman–Crippen LogP) is 4.93. The Hall–Kier alpha value is -0.200. The highest BCUT2D eigenvalue weighted by atomic mass is 35.5. The fourth-order valence-electron chi connectivity index (χ4n) is 1.56. The lowest BCUT2D eigenvalue weighted by Gasteiger charge is -2.14. The maximum absolute atomic E-state index is 6.30. The standard InChI is InChI=1S/C13H18Cl2/c1-3-10(2)8-13(15)9-11-4-6-12(14)7-5-11/h4-7,10,13H,3,8-9H2,1-2H3. The first kappa shape index (κ1) is 12.9. The fourth-order valence-corrected chi connectivity index (χ4v) is 2.17. The molecule has 2 heteroatoms. The van der Waals surface area contributed by atoms with Crippen molar-refractivity contribution in [2.45, 2.75) is 38.5 Å². The van der Waals surface area contributed by atoms with Gasteiger partial charge in [0, 0.05) is 10.4 Å². The molecule has 0 aliphatic rings. The molecule has 1 aromatic carbocycles. The average molecular weight is 245 g/mol. The van der Waals surface area contributed by atoms with Gasteiger partial charge in [-0.15, -0.1) is 11.6 Å². The van der Waals surface area contributed by atoms with Gasteiger partial charge in [-0.3, -0.25) is 0 Å². The van der Waals surface area contributed by atoms with Crippen molar-refractivity contribution in [3.05, 3.63) is 34.9 Å². The summed E-state index contributed by atoms with van der Waals surface area (Å²) in [6.45, 7) is 4.45. The summed E-state index contributed by atoms with van der Waals surface area (Å²) in [5.41, 5.74) is 1.27. The van der Waals surface area contributed by atoms with Gasteiger partial charge in [0.2, 0.25) is 0 Å². The predicted molar refractivity (Wildman–Crippen MR) is 68.9 cm³/mol. The molecule has 2 atom stereocenters. The topological polar surface area (TPSA) is 0 Å². The highest BCUT2D eigenvalue weighted by Crippen LogP contribution is 2.19. The third-order valence-electron chi connectivity index (χ3n) is 2.73. The summed E-state index contributed by atoms with van der Waals surface area (Å²) in [7, 11) is 0. The SMILES string of the molecule is CCC(C)CC(Cl)Cc1ccc(Cl)cc1. The van der Waals surface area contributed by atoms with Crippen molar-refractivity contribution < 1.29 is 0 Å². The van der Waals surface area contributed by atoms with E-state index in [0.717, 1.165) is 17.9 Å². The second-order valence-electron chi connectivity index (χ2n) is 4.18. The van der Waals surface area contributed by atoms with Crippen molar-refractivity contribution >= 4 is 23.2 Å². The third kappa shape index (κ3) is 4.90. The Labute approximate surface area is 103 Å². The second kappa shape index (κ2) is 6.40. The Balaban J connectivity index is 2.44. The first-order valence-electron chi connectivity index (χ1n) is 5.50. The summed E-state index contributed by atoms with van der Waals surface area (Å²) in [6.07, 6.45) is 3.22. The van der Waals surface area contributed by atoms with E-state index in [4.69, 9.17) is 23.2 Å². The molecule has 0 nitrogen and oxygen atoms in total. The molecule has 0 radical (unpaired) electrons. The minimum Gasteiger partial charge on any atom is -0.123 e. The quantitative estimate of drug-likeness (QED) is 0.645. The van der Waals surface area contributed by atoms with Gasteiger partial charge >= 0.3 is 0 Å². The molecule has 0 saturated heterocycles. The number of halogens is 2. The van der Waals surface area contributed by atoms with Crippen LogP contribution in [0.25, 0.3) is 0 Å². The van der Waals surface area contributed by atoms with Gasteiger partial charge in [0.05, 0.1) is 0 Å². The lowest BCUT2D eigenvalue weighted by Crippen LogP contribution is -2.08. The third-order valence-corrected chi connectivity index (χ3v) is 3.31. The number of alkyl halides is 1. The van der Waals surface area contributed by atoms with Crippen LogP contribution in [-0.2, 0) is 6.42 Å². The summed E-state index contributed by atoms with van der Waals surface area (Å²) in [4.78, 5) is 0. The summed E-state index contributed by atoms with van der Waals surface area (Å²) >= 11 is 12.1. The molecule has 0 fully saturated rings. The molecule has 0 aliphatic heterocycles. The van der Waals surface area contributed by atoms with Crippen LogP contribution >= 0.6 is 23.2 Å². The van der Waals surface area contributed by atoms with Crippen molar-refractivity contribution in [1.82, 2.24) is 0 Å². The molecule has 15 heavy (non-hydrogen) atoms. The van der Waals surface area contributed by atoms with E-state index >= 15 is 0 Å². The maximum Gasteiger partial charge on any atom is 0.0406 e. The Morgan fingerprint density at radius 2 is 1.80 bits per heavy atom. The zero-order chi connectivity index (χ0) is 11.3. The van der Waals surface area contributed by atoms with Gasteiger partial charge in [-0.1, -0.05) is 44.0 Å². The van der Waals surface area contributed by atoms with E-state index in [1.54, 1.807) is 0 Å². The molecular formula is C13H18Cl2. The first-order chi connectivity index (χ1) is 7.11. The lowest BCUT2D eigenvalue weighted by atomic mass is 9.99. The van der Waals surface area contributed by atoms with Crippen LogP contribution in [0.1, 0.15) is 32.3 Å². The molecule has 2 unspecified atom stereocenters. The van der Waals surface area contributed by atoms with Gasteiger partial charge < -0.3 is 0 Å². The van der Waals surface area contributed by atoms with E-state index < -0.39 is 0 Å². The molecule has 0 N–H and O–H groups in total. The maximum atomic E-state index is 6.30. The van der Waals surface area contributed by atoms with Crippen molar-refractivity contribution in [3.8, 4) is 0 Å². The molecule has 0 heterocycles. The monoisotopic (exact) mass is 244 g/mol. The van der Waals surface area contributed by atoms with E-state index in [2.05, 4.69) is 13.8 Å². The second-order valence-corrected chi connectivity index (χ2v) is 5.23. The summed E-state index contributed by atoms with van der Waals surface area (Å²) in [5, 5.41) is 1.02. The van der Waals surface area contributed by atoms with Crippen molar-refractivity contribution in [1.29, 1.82) is 0 Å². The van der Waals surface area contributed by atoms with E-state index in [1.807, 2.05) is 24.3 Å². The molecule has 0 saturated carbocycles. The Morgan fingerprint density at radius 3 is 2.33 bits per heavy atom. The minimum atomic E-state index is 0.237. The van der Waals surface area contributed by atoms with Gasteiger partial charge in [-0.25, -0.2) is 0 Å². The van der Waals surface area contributed by atoms with Crippen LogP contribution in [0.5, 0.6) is 0 Å². The van der Waals surface area contributed by atoms with E-state index in [9.17, 15) is 0 Å². The number of benzene rings is 1. The highest BCUT2D eigenvalue weighted by Gasteiger charge is 2.09. The Kier molecular flexibility index (Phi) is 5.49. The zero-order valence-corrected chi connectivity index (χ0v) is 10.9. The largest absolute Gasteiger partial charge is 0.123 e. The lowest BCUT2D eigenvalue weighted by molar-refractivity contribution is 0.500. The molecule has 84 valence electrons. The summed E-state index contributed by atoms with van der Waals surface area (Å²) in [6, 6.07) is 7.94. The van der Waals surface area contributed by atoms with Gasteiger partial charge in [0.1, 0.15) is 0 Å². The van der Waals surface area contributed by atoms with E-state index in [0.29, 0.717) is 5.92 Å². The Morgan fingerprint density at radius 1 is 1.20 bits per heavy atom. The fraction of sp³-hybridized carbons (Fsp3) is 0.538. The molecule has 0 amide bonds. The van der Waals surface area contributed by atoms with Gasteiger partial charge in [-0.2, -0.15) is 0 Å². The number of hydrogen-bond acceptors (Lipinski definition) is 0. The van der Waals surface area contributed by atoms with Crippen molar-refractivity contribution in [2.24, 2.45) is 5.92 Å². The molecular weight excluding hydrogens is 227 g/mol. The Bertz CT molecular complexity index is 279. The molecule has 0 aromatic heterocycles. The minimum absolute atomic E-state index is 0.237. The molecule has 1 rings (SSSR count). The number of hydrogen-bond donors (Lipinski definition) is 0. The van der Waals surface area contributed by atoms with Gasteiger partial charge in [0.15, 0.2) is 0 Å². The summed E-state index contributed by atoms with van der Waals surface area (Å²) < 4.78 is 0. The molecule has 1 aromatic rings. The van der Waals surface area contributed by atoms with Crippen LogP contribution in [0.3, 0.4) is 0 Å².